The van der Waals surface area contributed by atoms with Gasteiger partial charge < -0.3 is 9.73 Å². The highest BCUT2D eigenvalue weighted by molar-refractivity contribution is 7.09. The summed E-state index contributed by atoms with van der Waals surface area (Å²) in [5, 5.41) is 13.0. The van der Waals surface area contributed by atoms with Gasteiger partial charge in [0.1, 0.15) is 5.52 Å². The molecule has 172 valence electrons. The molecular weight excluding hydrogens is 468 g/mol. The molecule has 0 saturated carbocycles. The minimum absolute atomic E-state index is 0.0133. The van der Waals surface area contributed by atoms with Crippen LogP contribution in [-0.4, -0.2) is 21.1 Å². The Bertz CT molecular complexity index is 1400. The summed E-state index contributed by atoms with van der Waals surface area (Å²) in [6.07, 6.45) is 5.06. The van der Waals surface area contributed by atoms with Crippen LogP contribution in [0.5, 0.6) is 0 Å². The van der Waals surface area contributed by atoms with E-state index in [4.69, 9.17) is 16.0 Å². The lowest BCUT2D eigenvalue weighted by molar-refractivity contribution is -0.116. The topological polar surface area (TPSA) is 83.8 Å². The monoisotopic (exact) mass is 490 g/mol. The molecule has 8 heteroatoms. The second kappa shape index (κ2) is 9.83. The molecule has 0 bridgehead atoms. The molecular formula is C26H23ClN4O2S. The van der Waals surface area contributed by atoms with E-state index in [2.05, 4.69) is 38.0 Å². The molecule has 0 spiro atoms. The summed E-state index contributed by atoms with van der Waals surface area (Å²) in [4.78, 5) is 18.4. The number of benzene rings is 2. The number of halogens is 1. The number of anilines is 1. The zero-order valence-corrected chi connectivity index (χ0v) is 20.2. The lowest BCUT2D eigenvalue weighted by atomic mass is 10.1. The maximum Gasteiger partial charge on any atom is 0.231 e. The van der Waals surface area contributed by atoms with Gasteiger partial charge in [-0.05, 0) is 67.5 Å². The highest BCUT2D eigenvalue weighted by Crippen LogP contribution is 2.34. The van der Waals surface area contributed by atoms with Crippen molar-refractivity contribution < 1.29 is 9.21 Å². The van der Waals surface area contributed by atoms with Crippen molar-refractivity contribution in [2.45, 2.75) is 32.6 Å². The fourth-order valence-electron chi connectivity index (χ4n) is 3.85. The van der Waals surface area contributed by atoms with Crippen LogP contribution in [-0.2, 0) is 11.2 Å². The van der Waals surface area contributed by atoms with Crippen LogP contribution >= 0.6 is 22.9 Å². The number of hydrogen-bond acceptors (Lipinski definition) is 5. The molecule has 0 aliphatic heterocycles. The van der Waals surface area contributed by atoms with Gasteiger partial charge in [0.05, 0.1) is 17.5 Å². The standard InChI is InChI=1S/C26H23ClN4O2S/c1-16-12-23-22(14-21(16)27)30-26(33-23)20-15-28-31-25(20)17-6-4-7-18(13-17)29-24(32)10-3-2-8-19-9-5-11-34-19/h4-7,9,11-15H,2-3,8,10H2,1H3,(H,28,31)(H,29,32). The van der Waals surface area contributed by atoms with Crippen LogP contribution in [0, 0.1) is 6.92 Å². The van der Waals surface area contributed by atoms with E-state index in [0.717, 1.165) is 47.3 Å². The third-order valence-corrected chi connectivity index (χ3v) is 6.97. The number of thiophene rings is 1. The summed E-state index contributed by atoms with van der Waals surface area (Å²) in [6, 6.07) is 15.5. The number of aromatic nitrogens is 3. The molecule has 3 aromatic heterocycles. The molecule has 3 heterocycles. The highest BCUT2D eigenvalue weighted by atomic mass is 35.5. The van der Waals surface area contributed by atoms with Crippen LogP contribution in [0.15, 0.2) is 64.5 Å². The minimum atomic E-state index is 0.0133. The molecule has 0 fully saturated rings. The number of H-pyrrole nitrogens is 1. The fourth-order valence-corrected chi connectivity index (χ4v) is 4.76. The van der Waals surface area contributed by atoms with Gasteiger partial charge in [-0.25, -0.2) is 4.98 Å². The van der Waals surface area contributed by atoms with Gasteiger partial charge in [-0.2, -0.15) is 5.10 Å². The summed E-state index contributed by atoms with van der Waals surface area (Å²) in [5.74, 6) is 0.472. The smallest absolute Gasteiger partial charge is 0.231 e. The highest BCUT2D eigenvalue weighted by Gasteiger charge is 2.17. The predicted octanol–water partition coefficient (Wildman–Crippen LogP) is 7.26. The van der Waals surface area contributed by atoms with Gasteiger partial charge in [0, 0.05) is 27.6 Å². The molecule has 0 unspecified atom stereocenters. The fraction of sp³-hybridized carbons (Fsp3) is 0.192. The summed E-state index contributed by atoms with van der Waals surface area (Å²) < 4.78 is 5.99. The van der Waals surface area contributed by atoms with E-state index >= 15 is 0 Å². The van der Waals surface area contributed by atoms with E-state index in [0.29, 0.717) is 28.4 Å². The van der Waals surface area contributed by atoms with Crippen LogP contribution in [0.1, 0.15) is 29.7 Å². The van der Waals surface area contributed by atoms with Gasteiger partial charge >= 0.3 is 0 Å². The van der Waals surface area contributed by atoms with Gasteiger partial charge in [-0.1, -0.05) is 29.8 Å². The third-order valence-electron chi connectivity index (χ3n) is 5.63. The maximum atomic E-state index is 12.4. The number of nitrogens with one attached hydrogen (secondary N) is 2. The quantitative estimate of drug-likeness (QED) is 0.224. The molecule has 0 radical (unpaired) electrons. The van der Waals surface area contributed by atoms with E-state index in [1.165, 1.54) is 4.88 Å². The van der Waals surface area contributed by atoms with Gasteiger partial charge in [-0.15, -0.1) is 11.3 Å². The molecule has 2 aromatic carbocycles. The molecule has 2 N–H and O–H groups in total. The summed E-state index contributed by atoms with van der Waals surface area (Å²) in [7, 11) is 0. The first-order chi connectivity index (χ1) is 16.6. The summed E-state index contributed by atoms with van der Waals surface area (Å²) >= 11 is 8.00. The normalized spacial score (nSPS) is 11.2. The second-order valence-electron chi connectivity index (χ2n) is 8.16. The molecule has 0 saturated heterocycles. The second-order valence-corrected chi connectivity index (χ2v) is 9.60. The van der Waals surface area contributed by atoms with E-state index in [1.54, 1.807) is 23.6 Å². The van der Waals surface area contributed by atoms with Crippen LogP contribution in [0.4, 0.5) is 5.69 Å². The van der Waals surface area contributed by atoms with Crippen molar-refractivity contribution in [1.82, 2.24) is 15.2 Å². The molecule has 0 aliphatic carbocycles. The average Bonchev–Trinajstić information content (AvgIpc) is 3.58. The summed E-state index contributed by atoms with van der Waals surface area (Å²) in [5.41, 5.74) is 5.41. The Morgan fingerprint density at radius 3 is 2.94 bits per heavy atom. The van der Waals surface area contributed by atoms with E-state index in [1.807, 2.05) is 37.3 Å². The first kappa shape index (κ1) is 22.4. The molecule has 0 aliphatic rings. The number of unbranched alkanes of at least 4 members (excludes halogenated alkanes) is 1. The van der Waals surface area contributed by atoms with Crippen molar-refractivity contribution in [3.63, 3.8) is 0 Å². The third kappa shape index (κ3) is 4.90. The van der Waals surface area contributed by atoms with Crippen LogP contribution in [0.3, 0.4) is 0 Å². The summed E-state index contributed by atoms with van der Waals surface area (Å²) in [6.45, 7) is 1.93. The Kier molecular flexibility index (Phi) is 6.47. The molecule has 1 amide bonds. The van der Waals surface area contributed by atoms with Crippen LogP contribution in [0.25, 0.3) is 33.8 Å². The van der Waals surface area contributed by atoms with Gasteiger partial charge in [0.2, 0.25) is 11.8 Å². The van der Waals surface area contributed by atoms with Crippen LogP contribution < -0.4 is 5.32 Å². The first-order valence-corrected chi connectivity index (χ1v) is 12.4. The zero-order chi connectivity index (χ0) is 23.5. The van der Waals surface area contributed by atoms with Crippen molar-refractivity contribution in [3.8, 4) is 22.7 Å². The van der Waals surface area contributed by atoms with Crippen LogP contribution in [0.2, 0.25) is 5.02 Å². The van der Waals surface area contributed by atoms with E-state index in [9.17, 15) is 4.79 Å². The SMILES string of the molecule is Cc1cc2oc(-c3cn[nH]c3-c3cccc(NC(=O)CCCCc4cccs4)c3)nc2cc1Cl. The Hall–Kier alpha value is -3.42. The Balaban J connectivity index is 1.29. The van der Waals surface area contributed by atoms with Crippen molar-refractivity contribution in [2.75, 3.05) is 5.32 Å². The lowest BCUT2D eigenvalue weighted by Crippen LogP contribution is -2.11. The Labute approximate surface area is 206 Å². The molecule has 5 aromatic rings. The largest absolute Gasteiger partial charge is 0.436 e. The minimum Gasteiger partial charge on any atom is -0.436 e. The molecule has 5 rings (SSSR count). The van der Waals surface area contributed by atoms with E-state index in [-0.39, 0.29) is 5.91 Å². The number of rotatable bonds is 8. The number of aromatic amines is 1. The van der Waals surface area contributed by atoms with Crippen molar-refractivity contribution in [1.29, 1.82) is 0 Å². The number of carbonyl (C=O) groups excluding carboxylic acids is 1. The number of amides is 1. The van der Waals surface area contributed by atoms with Gasteiger partial charge in [0.15, 0.2) is 5.58 Å². The van der Waals surface area contributed by atoms with Crippen molar-refractivity contribution in [3.05, 3.63) is 75.6 Å². The number of hydrogen-bond donors (Lipinski definition) is 2. The predicted molar refractivity (Wildman–Crippen MR) is 137 cm³/mol. The molecule has 34 heavy (non-hydrogen) atoms. The Morgan fingerprint density at radius 2 is 2.09 bits per heavy atom. The van der Waals surface area contributed by atoms with Gasteiger partial charge in [0.25, 0.3) is 0 Å². The van der Waals surface area contributed by atoms with E-state index < -0.39 is 0 Å². The first-order valence-electron chi connectivity index (χ1n) is 11.1. The van der Waals surface area contributed by atoms with Crippen molar-refractivity contribution >= 4 is 45.6 Å². The molecule has 6 nitrogen and oxygen atoms in total. The number of fused-ring (bicyclic) bond motifs is 1. The van der Waals surface area contributed by atoms with Crippen molar-refractivity contribution in [2.24, 2.45) is 0 Å². The van der Waals surface area contributed by atoms with Gasteiger partial charge in [-0.3, -0.25) is 9.89 Å². The lowest BCUT2D eigenvalue weighted by Gasteiger charge is -2.07. The average molecular weight is 491 g/mol. The maximum absolute atomic E-state index is 12.4. The number of aryl methyl sites for hydroxylation is 2. The Morgan fingerprint density at radius 1 is 1.18 bits per heavy atom. The number of carbonyl (C=O) groups is 1. The molecule has 0 atom stereocenters. The number of oxazole rings is 1. The zero-order valence-electron chi connectivity index (χ0n) is 18.6. The number of nitrogens with zero attached hydrogens (tertiary/aromatic N) is 2.